The van der Waals surface area contributed by atoms with Gasteiger partial charge >= 0.3 is 6.00 Å². The molecule has 0 nitrogen and oxygen atoms in total. The molecule has 1 rings (SSSR count). The highest BCUT2D eigenvalue weighted by Crippen LogP contribution is 2.24. The third kappa shape index (κ3) is 2.16. The summed E-state index contributed by atoms with van der Waals surface area (Å²) in [5, 5.41) is -1.16. The van der Waals surface area contributed by atoms with E-state index in [1.807, 2.05) is 0 Å². The Morgan fingerprint density at radius 2 is 1.21 bits per heavy atom. The summed E-state index contributed by atoms with van der Waals surface area (Å²) in [5.41, 5.74) is 0. The van der Waals surface area contributed by atoms with Crippen LogP contribution in [0.25, 0.3) is 0 Å². The largest absolute Gasteiger partial charge is 0.379 e. The normalized spacial score (nSPS) is 11.9. The molecule has 0 saturated heterocycles. The maximum Gasteiger partial charge on any atom is 0.379 e. The molecule has 0 atom stereocenters. The summed E-state index contributed by atoms with van der Waals surface area (Å²) in [6.07, 6.45) is 0. The number of halogens is 7. The minimum Gasteiger partial charge on any atom is -0.204 e. The molecule has 0 aliphatic carbocycles. The number of benzene rings is 1. The lowest BCUT2D eigenvalue weighted by Crippen LogP contribution is -2.38. The van der Waals surface area contributed by atoms with E-state index in [2.05, 4.69) is 0 Å². The fourth-order valence-electron chi connectivity index (χ4n) is 0.771. The van der Waals surface area contributed by atoms with E-state index >= 15 is 0 Å². The zero-order valence-electron chi connectivity index (χ0n) is 6.15. The molecule has 1 aromatic carbocycles. The van der Waals surface area contributed by atoms with Crippen LogP contribution in [0.4, 0.5) is 17.6 Å². The quantitative estimate of drug-likeness (QED) is 0.322. The topological polar surface area (TPSA) is 0 Å². The predicted molar refractivity (Wildman–Crippen MR) is 48.1 cm³/mol. The van der Waals surface area contributed by atoms with Crippen LogP contribution in [0.1, 0.15) is 0 Å². The summed E-state index contributed by atoms with van der Waals surface area (Å²) in [4.78, 5) is 0. The first kappa shape index (κ1) is 12.1. The Morgan fingerprint density at radius 1 is 0.857 bits per heavy atom. The molecule has 0 bridgehead atoms. The van der Waals surface area contributed by atoms with E-state index in [0.717, 1.165) is 0 Å². The Kier molecular flexibility index (Phi) is 3.36. The van der Waals surface area contributed by atoms with Gasteiger partial charge in [-0.25, -0.2) is 17.6 Å². The maximum absolute atomic E-state index is 12.9. The molecule has 0 aliphatic heterocycles. The second-order valence-electron chi connectivity index (χ2n) is 2.25. The molecule has 0 unspecified atom stereocenters. The Bertz CT molecular complexity index is 350. The van der Waals surface area contributed by atoms with Crippen LogP contribution in [0.15, 0.2) is 0 Å². The average molecular weight is 283 g/mol. The van der Waals surface area contributed by atoms with Crippen LogP contribution in [0, 0.1) is 29.3 Å². The minimum atomic E-state index is -4.02. The molecule has 0 heterocycles. The van der Waals surface area contributed by atoms with Crippen molar-refractivity contribution in [2.24, 2.45) is 0 Å². The summed E-state index contributed by atoms with van der Waals surface area (Å²) < 4.78 is 50.9. The summed E-state index contributed by atoms with van der Waals surface area (Å²) >= 11 is 15.8. The number of hydrogen-bond donors (Lipinski definition) is 0. The molecule has 77 valence electrons. The molecule has 0 fully saturated rings. The first-order valence-electron chi connectivity index (χ1n) is 3.07. The van der Waals surface area contributed by atoms with E-state index in [4.69, 9.17) is 33.2 Å². The highest BCUT2D eigenvalue weighted by molar-refractivity contribution is 7.69. The fraction of sp³-hybridized carbons (Fsp3) is 0. The molecule has 1 radical (unpaired) electrons. The van der Waals surface area contributed by atoms with Gasteiger partial charge in [0.1, 0.15) is 0 Å². The van der Waals surface area contributed by atoms with Crippen molar-refractivity contribution < 1.29 is 17.6 Å². The third-order valence-corrected chi connectivity index (χ3v) is 4.03. The molecule has 0 N–H and O–H groups in total. The standard InChI is InChI=1S/C6Cl3F4Si/c7-14(8,9)6-4(12)2(10)1-3(11)5(6)13. The van der Waals surface area contributed by atoms with E-state index in [-0.39, 0.29) is 0 Å². The summed E-state index contributed by atoms with van der Waals surface area (Å²) in [5.74, 6) is -6.85. The molecular formula is C6Cl3F4Si. The van der Waals surface area contributed by atoms with Crippen LogP contribution in [0.2, 0.25) is 0 Å². The van der Waals surface area contributed by atoms with Crippen molar-refractivity contribution in [3.63, 3.8) is 0 Å². The lowest BCUT2D eigenvalue weighted by molar-refractivity contribution is 0.460. The molecule has 0 amide bonds. The van der Waals surface area contributed by atoms with E-state index < -0.39 is 34.5 Å². The van der Waals surface area contributed by atoms with Crippen molar-refractivity contribution in [1.29, 1.82) is 0 Å². The van der Waals surface area contributed by atoms with Gasteiger partial charge in [-0.15, -0.1) is 33.2 Å². The third-order valence-electron chi connectivity index (χ3n) is 1.33. The van der Waals surface area contributed by atoms with E-state index in [0.29, 0.717) is 0 Å². The van der Waals surface area contributed by atoms with Gasteiger partial charge < -0.3 is 0 Å². The van der Waals surface area contributed by atoms with Crippen LogP contribution in [-0.2, 0) is 0 Å². The second kappa shape index (κ2) is 3.88. The van der Waals surface area contributed by atoms with Gasteiger partial charge in [0.05, 0.1) is 11.3 Å². The molecule has 0 aliphatic rings. The zero-order valence-corrected chi connectivity index (χ0v) is 9.41. The van der Waals surface area contributed by atoms with Gasteiger partial charge in [0, 0.05) is 0 Å². The minimum absolute atomic E-state index is 1.16. The van der Waals surface area contributed by atoms with Crippen LogP contribution < -0.4 is 5.19 Å². The van der Waals surface area contributed by atoms with Crippen LogP contribution in [0.3, 0.4) is 0 Å². The van der Waals surface area contributed by atoms with E-state index in [9.17, 15) is 17.6 Å². The van der Waals surface area contributed by atoms with Gasteiger partial charge in [-0.1, -0.05) is 0 Å². The highest BCUT2D eigenvalue weighted by Gasteiger charge is 2.38. The SMILES string of the molecule is Fc1[c]c(F)c(F)c([Si](Cl)(Cl)Cl)c1F. The molecule has 1 aromatic rings. The molecular weight excluding hydrogens is 283 g/mol. The smallest absolute Gasteiger partial charge is 0.204 e. The van der Waals surface area contributed by atoms with Crippen LogP contribution in [-0.4, -0.2) is 6.00 Å². The van der Waals surface area contributed by atoms with Gasteiger partial charge in [0.25, 0.3) is 0 Å². The Hall–Kier alpha value is 0.0269. The van der Waals surface area contributed by atoms with Gasteiger partial charge in [0.2, 0.25) is 0 Å². The van der Waals surface area contributed by atoms with Crippen molar-refractivity contribution in [3.8, 4) is 0 Å². The van der Waals surface area contributed by atoms with Gasteiger partial charge in [0.15, 0.2) is 23.3 Å². The molecule has 8 heteroatoms. The molecule has 0 aromatic heterocycles. The number of rotatable bonds is 1. The van der Waals surface area contributed by atoms with Gasteiger partial charge in [-0.2, -0.15) is 0 Å². The Morgan fingerprint density at radius 3 is 1.50 bits per heavy atom. The lowest BCUT2D eigenvalue weighted by atomic mass is 10.3. The van der Waals surface area contributed by atoms with Crippen molar-refractivity contribution in [2.45, 2.75) is 0 Å². The summed E-state index contributed by atoms with van der Waals surface area (Å²) in [6.45, 7) is 0. The maximum atomic E-state index is 12.9. The Labute approximate surface area is 91.5 Å². The average Bonchev–Trinajstić information content (AvgIpc) is 1.98. The van der Waals surface area contributed by atoms with Gasteiger partial charge in [-0.05, 0) is 0 Å². The summed E-state index contributed by atoms with van der Waals surface area (Å²) in [7, 11) is 0. The second-order valence-corrected chi connectivity index (χ2v) is 10.6. The molecule has 0 spiro atoms. The van der Waals surface area contributed by atoms with Crippen molar-refractivity contribution in [2.75, 3.05) is 0 Å². The fourth-order valence-corrected chi connectivity index (χ4v) is 2.98. The predicted octanol–water partition coefficient (Wildman–Crippen LogP) is 2.91. The first-order valence-corrected chi connectivity index (χ1v) is 8.11. The Balaban J connectivity index is 3.56. The molecule has 0 saturated carbocycles. The van der Waals surface area contributed by atoms with Crippen LogP contribution in [0.5, 0.6) is 0 Å². The van der Waals surface area contributed by atoms with E-state index in [1.165, 1.54) is 6.07 Å². The number of hydrogen-bond acceptors (Lipinski definition) is 0. The highest BCUT2D eigenvalue weighted by atomic mass is 35.8. The van der Waals surface area contributed by atoms with Crippen molar-refractivity contribution in [3.05, 3.63) is 29.3 Å². The lowest BCUT2D eigenvalue weighted by Gasteiger charge is -2.11. The van der Waals surface area contributed by atoms with Gasteiger partial charge in [-0.3, -0.25) is 0 Å². The first-order chi connectivity index (χ1) is 6.25. The van der Waals surface area contributed by atoms with E-state index in [1.54, 1.807) is 0 Å². The monoisotopic (exact) mass is 281 g/mol. The summed E-state index contributed by atoms with van der Waals surface area (Å²) in [6, 6.07) is -2.84. The van der Waals surface area contributed by atoms with Crippen LogP contribution >= 0.6 is 33.2 Å². The van der Waals surface area contributed by atoms with Crippen molar-refractivity contribution >= 4 is 44.4 Å². The zero-order chi connectivity index (χ0) is 11.1. The van der Waals surface area contributed by atoms with Crippen molar-refractivity contribution in [1.82, 2.24) is 0 Å². The molecule has 14 heavy (non-hydrogen) atoms.